The second kappa shape index (κ2) is 8.40. The Labute approximate surface area is 79.2 Å². The molecule has 0 unspecified atom stereocenters. The molecule has 0 spiro atoms. The number of rotatable bonds is 2. The van der Waals surface area contributed by atoms with Crippen molar-refractivity contribution in [2.75, 3.05) is 0 Å². The molecule has 0 aromatic heterocycles. The molecule has 0 aliphatic rings. The smallest absolute Gasteiger partial charge is 0.0275 e. The Morgan fingerprint density at radius 1 is 1.31 bits per heavy atom. The Bertz CT molecular complexity index is 253. The molecule has 1 rings (SSSR count). The molecule has 0 fully saturated rings. The van der Waals surface area contributed by atoms with Crippen LogP contribution >= 0.6 is 0 Å². The van der Waals surface area contributed by atoms with Crippen LogP contribution in [0.3, 0.4) is 0 Å². The fourth-order valence-corrected chi connectivity index (χ4v) is 0.638. The van der Waals surface area contributed by atoms with Crippen molar-refractivity contribution < 1.29 is 0 Å². The number of aliphatic imine (C=N–C) groups is 1. The van der Waals surface area contributed by atoms with Crippen LogP contribution in [0.25, 0.3) is 0 Å². The zero-order valence-corrected chi connectivity index (χ0v) is 7.77. The maximum atomic E-state index is 6.41. The Hall–Kier alpha value is -1.70. The maximum Gasteiger partial charge on any atom is 0.0275 e. The minimum absolute atomic E-state index is 1.15. The van der Waals surface area contributed by atoms with E-state index in [1.807, 2.05) is 18.2 Å². The first kappa shape index (κ1) is 11.3. The van der Waals surface area contributed by atoms with Gasteiger partial charge in [0.1, 0.15) is 0 Å². The molecular formula is C11H14N2. The van der Waals surface area contributed by atoms with Gasteiger partial charge in [0, 0.05) is 12.4 Å². The third kappa shape index (κ3) is 8.20. The minimum atomic E-state index is 1.15. The van der Waals surface area contributed by atoms with Gasteiger partial charge >= 0.3 is 0 Å². The molecule has 13 heavy (non-hydrogen) atoms. The standard InChI is InChI=1S/C7H8.C4H6N2/c1-7-5-3-2-4-6-7;1-6-4-2-3-5/h2-6H,1H3;2-5H,1H2/b;4-2-,5-3?. The highest BCUT2D eigenvalue weighted by Crippen LogP contribution is 1.92. The molecule has 2 nitrogen and oxygen atoms in total. The summed E-state index contributed by atoms with van der Waals surface area (Å²) < 4.78 is 0. The predicted molar refractivity (Wildman–Crippen MR) is 58.7 cm³/mol. The van der Waals surface area contributed by atoms with E-state index >= 15 is 0 Å². The minimum Gasteiger partial charge on any atom is -0.309 e. The lowest BCUT2D eigenvalue weighted by molar-refractivity contribution is 1.48. The number of hydrogen-bond donors (Lipinski definition) is 1. The number of hydrogen-bond acceptors (Lipinski definition) is 2. The van der Waals surface area contributed by atoms with Gasteiger partial charge in [0.05, 0.1) is 0 Å². The molecule has 1 aromatic rings. The van der Waals surface area contributed by atoms with Gasteiger partial charge in [-0.25, -0.2) is 0 Å². The second-order valence-corrected chi connectivity index (χ2v) is 2.35. The van der Waals surface area contributed by atoms with Crippen molar-refractivity contribution in [3.63, 3.8) is 0 Å². The van der Waals surface area contributed by atoms with Gasteiger partial charge in [0.2, 0.25) is 0 Å². The van der Waals surface area contributed by atoms with Crippen LogP contribution in [0.4, 0.5) is 0 Å². The fraction of sp³-hybridized carbons (Fsp3) is 0.0909. The summed E-state index contributed by atoms with van der Waals surface area (Å²) in [5, 5.41) is 6.41. The van der Waals surface area contributed by atoms with Crippen LogP contribution in [0, 0.1) is 12.3 Å². The number of benzene rings is 1. The van der Waals surface area contributed by atoms with E-state index in [2.05, 4.69) is 30.8 Å². The highest BCUT2D eigenvalue weighted by Gasteiger charge is 1.72. The van der Waals surface area contributed by atoms with Crippen molar-refractivity contribution in [3.8, 4) is 0 Å². The Morgan fingerprint density at radius 3 is 2.15 bits per heavy atom. The highest BCUT2D eigenvalue weighted by atomic mass is 14.6. The van der Waals surface area contributed by atoms with Crippen LogP contribution < -0.4 is 0 Å². The zero-order chi connectivity index (χ0) is 9.94. The largest absolute Gasteiger partial charge is 0.309 e. The van der Waals surface area contributed by atoms with Crippen molar-refractivity contribution in [2.45, 2.75) is 6.92 Å². The summed E-state index contributed by atoms with van der Waals surface area (Å²) in [5.41, 5.74) is 1.32. The zero-order valence-electron chi connectivity index (χ0n) is 7.77. The van der Waals surface area contributed by atoms with Crippen LogP contribution in [0.2, 0.25) is 0 Å². The summed E-state index contributed by atoms with van der Waals surface area (Å²) in [7, 11) is 0. The SMILES string of the molecule is C=N/C=C\C=N.Cc1ccccc1. The molecule has 0 aliphatic carbocycles. The molecule has 0 heterocycles. The number of allylic oxidation sites excluding steroid dienone is 1. The molecule has 0 saturated heterocycles. The van der Waals surface area contributed by atoms with E-state index in [0.717, 1.165) is 6.21 Å². The van der Waals surface area contributed by atoms with Gasteiger partial charge in [0.25, 0.3) is 0 Å². The number of nitrogens with zero attached hydrogens (tertiary/aromatic N) is 1. The van der Waals surface area contributed by atoms with E-state index in [-0.39, 0.29) is 0 Å². The van der Waals surface area contributed by atoms with Crippen LogP contribution in [-0.2, 0) is 0 Å². The van der Waals surface area contributed by atoms with Crippen LogP contribution in [0.15, 0.2) is 47.6 Å². The van der Waals surface area contributed by atoms with Gasteiger partial charge in [-0.1, -0.05) is 35.9 Å². The Kier molecular flexibility index (Phi) is 7.30. The lowest BCUT2D eigenvalue weighted by Crippen LogP contribution is -1.62. The Balaban J connectivity index is 0.000000226. The van der Waals surface area contributed by atoms with Gasteiger partial charge in [0.15, 0.2) is 0 Å². The lowest BCUT2D eigenvalue weighted by atomic mass is 10.2. The third-order valence-corrected chi connectivity index (χ3v) is 1.23. The molecule has 68 valence electrons. The van der Waals surface area contributed by atoms with Crippen molar-refractivity contribution in [1.29, 1.82) is 5.41 Å². The fourth-order valence-electron chi connectivity index (χ4n) is 0.638. The molecule has 1 aromatic carbocycles. The maximum absolute atomic E-state index is 6.41. The second-order valence-electron chi connectivity index (χ2n) is 2.35. The predicted octanol–water partition coefficient (Wildman–Crippen LogP) is 2.85. The summed E-state index contributed by atoms with van der Waals surface area (Å²) in [5.74, 6) is 0. The average molecular weight is 174 g/mol. The summed E-state index contributed by atoms with van der Waals surface area (Å²) in [6, 6.07) is 10.3. The molecule has 0 radical (unpaired) electrons. The quantitative estimate of drug-likeness (QED) is 0.669. The van der Waals surface area contributed by atoms with Crippen molar-refractivity contribution in [3.05, 3.63) is 48.2 Å². The molecular weight excluding hydrogens is 160 g/mol. The van der Waals surface area contributed by atoms with E-state index in [1.54, 1.807) is 0 Å². The van der Waals surface area contributed by atoms with Crippen molar-refractivity contribution in [2.24, 2.45) is 4.99 Å². The van der Waals surface area contributed by atoms with Gasteiger partial charge in [-0.15, -0.1) is 0 Å². The van der Waals surface area contributed by atoms with E-state index < -0.39 is 0 Å². The van der Waals surface area contributed by atoms with Crippen molar-refractivity contribution >= 4 is 12.9 Å². The van der Waals surface area contributed by atoms with Gasteiger partial charge in [-0.05, 0) is 19.7 Å². The summed E-state index contributed by atoms with van der Waals surface area (Å²) in [6.45, 7) is 5.24. The first-order chi connectivity index (χ1) is 6.31. The average Bonchev–Trinajstić information content (AvgIpc) is 2.17. The number of nitrogens with one attached hydrogen (secondary N) is 1. The first-order valence-corrected chi connectivity index (χ1v) is 3.94. The lowest BCUT2D eigenvalue weighted by Gasteiger charge is -1.82. The highest BCUT2D eigenvalue weighted by molar-refractivity contribution is 5.67. The van der Waals surface area contributed by atoms with E-state index in [4.69, 9.17) is 5.41 Å². The first-order valence-electron chi connectivity index (χ1n) is 3.94. The molecule has 0 amide bonds. The Morgan fingerprint density at radius 2 is 1.92 bits per heavy atom. The van der Waals surface area contributed by atoms with E-state index in [1.165, 1.54) is 17.8 Å². The molecule has 0 aliphatic heterocycles. The van der Waals surface area contributed by atoms with Gasteiger partial charge in [-0.2, -0.15) is 0 Å². The number of aryl methyl sites for hydroxylation is 1. The molecule has 0 bridgehead atoms. The van der Waals surface area contributed by atoms with Crippen molar-refractivity contribution in [1.82, 2.24) is 0 Å². The normalized spacial score (nSPS) is 8.69. The van der Waals surface area contributed by atoms with Crippen LogP contribution in [0.5, 0.6) is 0 Å². The summed E-state index contributed by atoms with van der Waals surface area (Å²) in [4.78, 5) is 3.34. The molecule has 1 N–H and O–H groups in total. The molecule has 0 atom stereocenters. The molecule has 0 saturated carbocycles. The summed E-state index contributed by atoms with van der Waals surface area (Å²) >= 11 is 0. The van der Waals surface area contributed by atoms with E-state index in [9.17, 15) is 0 Å². The van der Waals surface area contributed by atoms with E-state index in [0.29, 0.717) is 0 Å². The topological polar surface area (TPSA) is 36.2 Å². The third-order valence-electron chi connectivity index (χ3n) is 1.23. The van der Waals surface area contributed by atoms with Crippen LogP contribution in [0.1, 0.15) is 5.56 Å². The summed E-state index contributed by atoms with van der Waals surface area (Å²) in [6.07, 6.45) is 4.09. The van der Waals surface area contributed by atoms with Crippen LogP contribution in [-0.4, -0.2) is 12.9 Å². The van der Waals surface area contributed by atoms with Gasteiger partial charge in [-0.3, -0.25) is 4.99 Å². The van der Waals surface area contributed by atoms with Gasteiger partial charge < -0.3 is 5.41 Å². The monoisotopic (exact) mass is 174 g/mol. The molecule has 2 heteroatoms.